The summed E-state index contributed by atoms with van der Waals surface area (Å²) in [6.07, 6.45) is 22.4. The van der Waals surface area contributed by atoms with Gasteiger partial charge < -0.3 is 0 Å². The van der Waals surface area contributed by atoms with Crippen LogP contribution in [0.4, 0.5) is 0 Å². The SMILES string of the molecule is CCCCCCCCCCCCS.CCCCCCCCS. The third-order valence-electron chi connectivity index (χ3n) is 4.02. The Balaban J connectivity index is 0. The summed E-state index contributed by atoms with van der Waals surface area (Å²) in [6.45, 7) is 4.52. The Morgan fingerprint density at radius 1 is 0.364 bits per heavy atom. The highest BCUT2D eigenvalue weighted by atomic mass is 32.1. The standard InChI is InChI=1S/C12H26S.C8H18S/c1-2-3-4-5-6-7-8-9-10-11-12-13;1-2-3-4-5-6-7-8-9/h13H,2-12H2,1H3;9H,2-8H2,1H3. The normalized spacial score (nSPS) is 10.4. The third kappa shape index (κ3) is 28.8. The van der Waals surface area contributed by atoms with Gasteiger partial charge in [0, 0.05) is 0 Å². The molecule has 0 heterocycles. The van der Waals surface area contributed by atoms with Crippen molar-refractivity contribution in [2.45, 2.75) is 117 Å². The van der Waals surface area contributed by atoms with Gasteiger partial charge in [-0.15, -0.1) is 0 Å². The van der Waals surface area contributed by atoms with Crippen molar-refractivity contribution in [3.05, 3.63) is 0 Å². The lowest BCUT2D eigenvalue weighted by Gasteiger charge is -2.00. The first-order valence-electron chi connectivity index (χ1n) is 10.0. The quantitative estimate of drug-likeness (QED) is 0.204. The summed E-state index contributed by atoms with van der Waals surface area (Å²) < 4.78 is 0. The second-order valence-electron chi connectivity index (χ2n) is 6.40. The lowest BCUT2D eigenvalue weighted by atomic mass is 10.1. The van der Waals surface area contributed by atoms with E-state index in [0.29, 0.717) is 0 Å². The molecule has 0 saturated heterocycles. The fourth-order valence-corrected chi connectivity index (χ4v) is 2.94. The highest BCUT2D eigenvalue weighted by Crippen LogP contribution is 2.10. The van der Waals surface area contributed by atoms with E-state index in [1.54, 1.807) is 0 Å². The molecule has 0 bridgehead atoms. The first-order chi connectivity index (χ1) is 10.8. The van der Waals surface area contributed by atoms with E-state index in [1.165, 1.54) is 103 Å². The summed E-state index contributed by atoms with van der Waals surface area (Å²) in [5, 5.41) is 0. The molecule has 0 aliphatic carbocycles. The molecule has 0 aromatic carbocycles. The fraction of sp³-hybridized carbons (Fsp3) is 1.00. The van der Waals surface area contributed by atoms with Crippen LogP contribution in [0.1, 0.15) is 117 Å². The van der Waals surface area contributed by atoms with Crippen molar-refractivity contribution in [3.8, 4) is 0 Å². The number of hydrogen-bond acceptors (Lipinski definition) is 2. The minimum absolute atomic E-state index is 1.06. The highest BCUT2D eigenvalue weighted by molar-refractivity contribution is 7.80. The third-order valence-corrected chi connectivity index (χ3v) is 4.66. The van der Waals surface area contributed by atoms with Gasteiger partial charge in [0.05, 0.1) is 0 Å². The van der Waals surface area contributed by atoms with Gasteiger partial charge in [-0.1, -0.05) is 104 Å². The molecule has 0 rings (SSSR count). The maximum atomic E-state index is 4.20. The van der Waals surface area contributed by atoms with Gasteiger partial charge in [0.1, 0.15) is 0 Å². The minimum Gasteiger partial charge on any atom is -0.179 e. The van der Waals surface area contributed by atoms with E-state index in [1.807, 2.05) is 0 Å². The van der Waals surface area contributed by atoms with E-state index in [0.717, 1.165) is 11.5 Å². The van der Waals surface area contributed by atoms with Crippen LogP contribution in [0.25, 0.3) is 0 Å². The van der Waals surface area contributed by atoms with E-state index >= 15 is 0 Å². The molecule has 0 atom stereocenters. The first-order valence-corrected chi connectivity index (χ1v) is 11.3. The average molecular weight is 349 g/mol. The summed E-state index contributed by atoms with van der Waals surface area (Å²) in [5.74, 6) is 2.13. The number of unbranched alkanes of at least 4 members (excludes halogenated alkanes) is 14. The molecule has 0 amide bonds. The topological polar surface area (TPSA) is 0 Å². The molecule has 0 unspecified atom stereocenters. The van der Waals surface area contributed by atoms with Gasteiger partial charge >= 0.3 is 0 Å². The van der Waals surface area contributed by atoms with Crippen LogP contribution in [0, 0.1) is 0 Å². The smallest absolute Gasteiger partial charge is 0.00979 e. The molecule has 0 N–H and O–H groups in total. The van der Waals surface area contributed by atoms with Crippen LogP contribution >= 0.6 is 25.3 Å². The maximum absolute atomic E-state index is 4.20. The molecule has 22 heavy (non-hydrogen) atoms. The lowest BCUT2D eigenvalue weighted by molar-refractivity contribution is 0.563. The van der Waals surface area contributed by atoms with Crippen LogP contribution in [0.2, 0.25) is 0 Å². The van der Waals surface area contributed by atoms with Crippen LogP contribution in [0.5, 0.6) is 0 Å². The van der Waals surface area contributed by atoms with Crippen LogP contribution < -0.4 is 0 Å². The molecule has 0 radical (unpaired) electrons. The lowest BCUT2D eigenvalue weighted by Crippen LogP contribution is -1.81. The Hall–Kier alpha value is 0.700. The average Bonchev–Trinajstić information content (AvgIpc) is 2.54. The van der Waals surface area contributed by atoms with Crippen molar-refractivity contribution >= 4 is 25.3 Å². The Bertz CT molecular complexity index is 144. The molecule has 0 aliphatic heterocycles. The highest BCUT2D eigenvalue weighted by Gasteiger charge is 1.91. The Morgan fingerprint density at radius 3 is 0.818 bits per heavy atom. The second-order valence-corrected chi connectivity index (χ2v) is 7.29. The van der Waals surface area contributed by atoms with Gasteiger partial charge in [0.15, 0.2) is 0 Å². The molecule has 0 aromatic heterocycles. The summed E-state index contributed by atoms with van der Waals surface area (Å²) >= 11 is 8.35. The van der Waals surface area contributed by atoms with Gasteiger partial charge in [-0.25, -0.2) is 0 Å². The van der Waals surface area contributed by atoms with E-state index in [2.05, 4.69) is 39.1 Å². The molecule has 0 spiro atoms. The van der Waals surface area contributed by atoms with Crippen LogP contribution in [-0.4, -0.2) is 11.5 Å². The first kappa shape index (κ1) is 24.9. The van der Waals surface area contributed by atoms with E-state index in [4.69, 9.17) is 0 Å². The van der Waals surface area contributed by atoms with Gasteiger partial charge in [0.2, 0.25) is 0 Å². The minimum atomic E-state index is 1.06. The predicted octanol–water partition coefficient (Wildman–Crippen LogP) is 8.11. The zero-order valence-corrected chi connectivity index (χ0v) is 17.4. The van der Waals surface area contributed by atoms with E-state index in [-0.39, 0.29) is 0 Å². The predicted molar refractivity (Wildman–Crippen MR) is 113 cm³/mol. The summed E-state index contributed by atoms with van der Waals surface area (Å²) in [7, 11) is 0. The number of thiol groups is 2. The molecule has 0 fully saturated rings. The monoisotopic (exact) mass is 348 g/mol. The molecule has 136 valence electrons. The zero-order chi connectivity index (χ0) is 16.7. The van der Waals surface area contributed by atoms with E-state index in [9.17, 15) is 0 Å². The molecular formula is C20H44S2. The van der Waals surface area contributed by atoms with Crippen molar-refractivity contribution in [1.29, 1.82) is 0 Å². The van der Waals surface area contributed by atoms with Crippen LogP contribution in [0.15, 0.2) is 0 Å². The van der Waals surface area contributed by atoms with Crippen molar-refractivity contribution in [2.24, 2.45) is 0 Å². The van der Waals surface area contributed by atoms with Gasteiger partial charge in [-0.3, -0.25) is 0 Å². The van der Waals surface area contributed by atoms with Crippen molar-refractivity contribution < 1.29 is 0 Å². The Morgan fingerprint density at radius 2 is 0.591 bits per heavy atom. The largest absolute Gasteiger partial charge is 0.179 e. The molecule has 0 aromatic rings. The molecule has 0 aliphatic rings. The van der Waals surface area contributed by atoms with Gasteiger partial charge in [-0.2, -0.15) is 25.3 Å². The van der Waals surface area contributed by atoms with Crippen LogP contribution in [-0.2, 0) is 0 Å². The van der Waals surface area contributed by atoms with Crippen molar-refractivity contribution in [2.75, 3.05) is 11.5 Å². The fourth-order valence-electron chi connectivity index (χ4n) is 2.49. The van der Waals surface area contributed by atoms with Crippen molar-refractivity contribution in [1.82, 2.24) is 0 Å². The molecule has 2 heteroatoms. The number of rotatable bonds is 16. The van der Waals surface area contributed by atoms with E-state index < -0.39 is 0 Å². The van der Waals surface area contributed by atoms with Gasteiger partial charge in [0.25, 0.3) is 0 Å². The van der Waals surface area contributed by atoms with Crippen LogP contribution in [0.3, 0.4) is 0 Å². The summed E-state index contributed by atoms with van der Waals surface area (Å²) in [5.41, 5.74) is 0. The Labute approximate surface area is 153 Å². The Kier molecular flexibility index (Phi) is 30.2. The number of hydrogen-bond donors (Lipinski definition) is 2. The molecule has 0 saturated carbocycles. The molecular weight excluding hydrogens is 304 g/mol. The zero-order valence-electron chi connectivity index (χ0n) is 15.6. The second kappa shape index (κ2) is 26.6. The van der Waals surface area contributed by atoms with Gasteiger partial charge in [-0.05, 0) is 24.3 Å². The van der Waals surface area contributed by atoms with Crippen molar-refractivity contribution in [3.63, 3.8) is 0 Å². The maximum Gasteiger partial charge on any atom is -0.00979 e. The summed E-state index contributed by atoms with van der Waals surface area (Å²) in [6, 6.07) is 0. The summed E-state index contributed by atoms with van der Waals surface area (Å²) in [4.78, 5) is 0. The molecule has 0 nitrogen and oxygen atoms in total.